The molecule has 0 unspecified atom stereocenters. The Morgan fingerprint density at radius 2 is 1.83 bits per heavy atom. The SMILES string of the molecule is O=C(NCc1ccc(-c2nc3cc(C(=O)N4CCCC4)ccc3o2)cc1)c1cnc2nccn2c1. The molecule has 0 radical (unpaired) electrons. The lowest BCUT2D eigenvalue weighted by Crippen LogP contribution is -2.27. The molecule has 2 amide bonds. The van der Waals surface area contributed by atoms with E-state index in [4.69, 9.17) is 4.42 Å². The fourth-order valence-corrected chi connectivity index (χ4v) is 4.27. The summed E-state index contributed by atoms with van der Waals surface area (Å²) in [5.74, 6) is 0.864. The van der Waals surface area contributed by atoms with Gasteiger partial charge in [-0.3, -0.25) is 14.0 Å². The number of rotatable bonds is 5. The fourth-order valence-electron chi connectivity index (χ4n) is 4.27. The Kier molecular flexibility index (Phi) is 5.21. The summed E-state index contributed by atoms with van der Waals surface area (Å²) in [6, 6.07) is 13.0. The minimum absolute atomic E-state index is 0.0427. The Morgan fingerprint density at radius 3 is 2.66 bits per heavy atom. The van der Waals surface area contributed by atoms with Crippen LogP contribution in [0.15, 0.2) is 71.7 Å². The van der Waals surface area contributed by atoms with Crippen LogP contribution in [-0.4, -0.2) is 49.2 Å². The summed E-state index contributed by atoms with van der Waals surface area (Å²) in [5, 5.41) is 2.91. The van der Waals surface area contributed by atoms with E-state index in [1.54, 1.807) is 41.2 Å². The van der Waals surface area contributed by atoms with E-state index >= 15 is 0 Å². The molecule has 174 valence electrons. The van der Waals surface area contributed by atoms with Crippen molar-refractivity contribution >= 4 is 28.7 Å². The highest BCUT2D eigenvalue weighted by Gasteiger charge is 2.20. The standard InChI is InChI=1S/C26H22N6O3/c33-23(20-15-29-26-27-9-12-32(26)16-20)28-14-17-3-5-18(6-4-17)24-30-21-13-19(7-8-22(21)35-24)25(34)31-10-1-2-11-31/h3-9,12-13,15-16H,1-2,10-11,14H2,(H,28,33). The van der Waals surface area contributed by atoms with Crippen molar-refractivity contribution in [1.82, 2.24) is 29.6 Å². The molecule has 1 saturated heterocycles. The fraction of sp³-hybridized carbons (Fsp3) is 0.192. The van der Waals surface area contributed by atoms with Crippen LogP contribution < -0.4 is 5.32 Å². The van der Waals surface area contributed by atoms with Crippen molar-refractivity contribution in [2.24, 2.45) is 0 Å². The van der Waals surface area contributed by atoms with Crippen LogP contribution >= 0.6 is 0 Å². The first-order valence-corrected chi connectivity index (χ1v) is 11.5. The molecule has 3 aromatic heterocycles. The maximum atomic E-state index is 12.7. The molecule has 0 aliphatic carbocycles. The molecule has 35 heavy (non-hydrogen) atoms. The molecule has 1 N–H and O–H groups in total. The summed E-state index contributed by atoms with van der Waals surface area (Å²) >= 11 is 0. The number of aromatic nitrogens is 4. The Balaban J connectivity index is 1.14. The van der Waals surface area contributed by atoms with Gasteiger partial charge in [-0.25, -0.2) is 15.0 Å². The van der Waals surface area contributed by atoms with Gasteiger partial charge < -0.3 is 14.6 Å². The molecule has 2 aromatic carbocycles. The second kappa shape index (κ2) is 8.68. The largest absolute Gasteiger partial charge is 0.436 e. The number of oxazole rings is 1. The number of likely N-dealkylation sites (tertiary alicyclic amines) is 1. The molecule has 4 heterocycles. The summed E-state index contributed by atoms with van der Waals surface area (Å²) in [6.07, 6.45) is 8.70. The second-order valence-corrected chi connectivity index (χ2v) is 8.56. The van der Waals surface area contributed by atoms with Gasteiger partial charge in [0, 0.05) is 55.5 Å². The molecule has 9 heteroatoms. The first kappa shape index (κ1) is 21.0. The predicted octanol–water partition coefficient (Wildman–Crippen LogP) is 3.70. The molecule has 6 rings (SSSR count). The van der Waals surface area contributed by atoms with Crippen LogP contribution in [-0.2, 0) is 6.54 Å². The van der Waals surface area contributed by atoms with Crippen LogP contribution in [0.2, 0.25) is 0 Å². The molecule has 1 fully saturated rings. The van der Waals surface area contributed by atoms with Gasteiger partial charge in [0.25, 0.3) is 11.8 Å². The number of nitrogens with zero attached hydrogens (tertiary/aromatic N) is 5. The van der Waals surface area contributed by atoms with Crippen LogP contribution in [0.4, 0.5) is 0 Å². The maximum absolute atomic E-state index is 12.7. The van der Waals surface area contributed by atoms with Gasteiger partial charge in [0.1, 0.15) is 5.52 Å². The number of fused-ring (bicyclic) bond motifs is 2. The quantitative estimate of drug-likeness (QED) is 0.423. The van der Waals surface area contributed by atoms with Crippen LogP contribution in [0.25, 0.3) is 28.3 Å². The molecular formula is C26H22N6O3. The highest BCUT2D eigenvalue weighted by molar-refractivity contribution is 5.97. The Labute approximate surface area is 200 Å². The Bertz CT molecular complexity index is 1550. The van der Waals surface area contributed by atoms with Crippen molar-refractivity contribution in [2.75, 3.05) is 13.1 Å². The van der Waals surface area contributed by atoms with E-state index in [9.17, 15) is 9.59 Å². The third-order valence-electron chi connectivity index (χ3n) is 6.19. The van der Waals surface area contributed by atoms with Gasteiger partial charge in [0.15, 0.2) is 5.58 Å². The average Bonchev–Trinajstić information content (AvgIpc) is 3.66. The third kappa shape index (κ3) is 4.12. The van der Waals surface area contributed by atoms with Gasteiger partial charge in [0.2, 0.25) is 11.7 Å². The molecule has 9 nitrogen and oxygen atoms in total. The number of carbonyl (C=O) groups excluding carboxylic acids is 2. The predicted molar refractivity (Wildman–Crippen MR) is 129 cm³/mol. The van der Waals surface area contributed by atoms with Gasteiger partial charge in [-0.1, -0.05) is 12.1 Å². The number of amides is 2. The average molecular weight is 467 g/mol. The zero-order valence-corrected chi connectivity index (χ0v) is 18.8. The molecule has 0 saturated carbocycles. The number of hydrogen-bond acceptors (Lipinski definition) is 6. The van der Waals surface area contributed by atoms with Gasteiger partial charge in [-0.05, 0) is 48.7 Å². The minimum Gasteiger partial charge on any atom is -0.436 e. The van der Waals surface area contributed by atoms with E-state index in [-0.39, 0.29) is 11.8 Å². The summed E-state index contributed by atoms with van der Waals surface area (Å²) in [6.45, 7) is 1.99. The van der Waals surface area contributed by atoms with E-state index in [1.807, 2.05) is 29.2 Å². The monoisotopic (exact) mass is 466 g/mol. The third-order valence-corrected chi connectivity index (χ3v) is 6.19. The topological polar surface area (TPSA) is 106 Å². The lowest BCUT2D eigenvalue weighted by atomic mass is 10.1. The van der Waals surface area contributed by atoms with Crippen molar-refractivity contribution in [1.29, 1.82) is 0 Å². The number of imidazole rings is 1. The zero-order valence-electron chi connectivity index (χ0n) is 18.8. The minimum atomic E-state index is -0.213. The number of benzene rings is 2. The van der Waals surface area contributed by atoms with Crippen molar-refractivity contribution < 1.29 is 14.0 Å². The van der Waals surface area contributed by atoms with Gasteiger partial charge in [0.05, 0.1) is 5.56 Å². The smallest absolute Gasteiger partial charge is 0.254 e. The lowest BCUT2D eigenvalue weighted by Gasteiger charge is -2.14. The van der Waals surface area contributed by atoms with E-state index < -0.39 is 0 Å². The lowest BCUT2D eigenvalue weighted by molar-refractivity contribution is 0.0792. The molecular weight excluding hydrogens is 444 g/mol. The molecule has 0 atom stereocenters. The Hall–Kier alpha value is -4.53. The second-order valence-electron chi connectivity index (χ2n) is 8.56. The normalized spacial score (nSPS) is 13.5. The van der Waals surface area contributed by atoms with Crippen molar-refractivity contribution in [2.45, 2.75) is 19.4 Å². The zero-order chi connectivity index (χ0) is 23.8. The van der Waals surface area contributed by atoms with Crippen molar-refractivity contribution in [3.8, 4) is 11.5 Å². The molecule has 1 aliphatic rings. The van der Waals surface area contributed by atoms with Crippen LogP contribution in [0, 0.1) is 0 Å². The molecule has 0 spiro atoms. The Morgan fingerprint density at radius 1 is 1.00 bits per heavy atom. The maximum Gasteiger partial charge on any atom is 0.254 e. The first-order chi connectivity index (χ1) is 17.1. The van der Waals surface area contributed by atoms with Crippen LogP contribution in [0.3, 0.4) is 0 Å². The summed E-state index contributed by atoms with van der Waals surface area (Å²) in [5.41, 5.74) is 4.14. The highest BCUT2D eigenvalue weighted by atomic mass is 16.3. The first-order valence-electron chi connectivity index (χ1n) is 11.5. The summed E-state index contributed by atoms with van der Waals surface area (Å²) in [7, 11) is 0. The van der Waals surface area contributed by atoms with Gasteiger partial charge >= 0.3 is 0 Å². The number of hydrogen-bond donors (Lipinski definition) is 1. The summed E-state index contributed by atoms with van der Waals surface area (Å²) in [4.78, 5) is 39.9. The van der Waals surface area contributed by atoms with Gasteiger partial charge in [-0.15, -0.1) is 0 Å². The van der Waals surface area contributed by atoms with E-state index in [2.05, 4.69) is 20.3 Å². The number of nitrogens with one attached hydrogen (secondary N) is 1. The summed E-state index contributed by atoms with van der Waals surface area (Å²) < 4.78 is 7.62. The van der Waals surface area contributed by atoms with Crippen molar-refractivity contribution in [3.63, 3.8) is 0 Å². The van der Waals surface area contributed by atoms with Gasteiger partial charge in [-0.2, -0.15) is 0 Å². The highest BCUT2D eigenvalue weighted by Crippen LogP contribution is 2.26. The number of carbonyl (C=O) groups is 2. The van der Waals surface area contributed by atoms with Crippen molar-refractivity contribution in [3.05, 3.63) is 83.9 Å². The molecule has 0 bridgehead atoms. The van der Waals surface area contributed by atoms with E-state index in [0.29, 0.717) is 40.4 Å². The molecule has 5 aromatic rings. The molecule has 1 aliphatic heterocycles. The van der Waals surface area contributed by atoms with E-state index in [1.165, 1.54) is 6.20 Å². The van der Waals surface area contributed by atoms with E-state index in [0.717, 1.165) is 37.1 Å². The van der Waals surface area contributed by atoms with Crippen LogP contribution in [0.1, 0.15) is 39.1 Å². The van der Waals surface area contributed by atoms with Crippen LogP contribution in [0.5, 0.6) is 0 Å².